The smallest absolute Gasteiger partial charge is 0.179 e. The Labute approximate surface area is 220 Å². The maximum Gasteiger partial charge on any atom is 0.179 e. The first kappa shape index (κ1) is 22.3. The summed E-state index contributed by atoms with van der Waals surface area (Å²) in [5.41, 5.74) is 6.94. The minimum absolute atomic E-state index is 0.263. The number of aromatic nitrogens is 2. The fourth-order valence-corrected chi connectivity index (χ4v) is 5.22. The van der Waals surface area contributed by atoms with Gasteiger partial charge < -0.3 is 14.6 Å². The Kier molecular flexibility index (Phi) is 5.21. The maximum atomic E-state index is 6.05. The third-order valence-corrected chi connectivity index (χ3v) is 7.08. The Bertz CT molecular complexity index is 1680. The van der Waals surface area contributed by atoms with Crippen molar-refractivity contribution in [3.63, 3.8) is 0 Å². The quantitative estimate of drug-likeness (QED) is 0.286. The topological polar surface area (TPSA) is 71.0 Å². The minimum Gasteiger partial charge on any atom is -0.467 e. The predicted molar refractivity (Wildman–Crippen MR) is 151 cm³/mol. The van der Waals surface area contributed by atoms with E-state index in [0.29, 0.717) is 11.7 Å². The van der Waals surface area contributed by atoms with E-state index < -0.39 is 0 Å². The molecule has 1 unspecified atom stereocenters. The normalized spacial score (nSPS) is 15.7. The van der Waals surface area contributed by atoms with Gasteiger partial charge in [-0.05, 0) is 67.4 Å². The van der Waals surface area contributed by atoms with E-state index >= 15 is 0 Å². The van der Waals surface area contributed by atoms with Gasteiger partial charge in [-0.2, -0.15) is 5.10 Å². The lowest BCUT2D eigenvalue weighted by molar-refractivity contribution is 0.487. The van der Waals surface area contributed by atoms with Crippen molar-refractivity contribution in [1.29, 1.82) is 0 Å². The molecule has 2 aliphatic heterocycles. The Morgan fingerprint density at radius 3 is 2.42 bits per heavy atom. The number of furan rings is 1. The molecule has 7 heteroatoms. The molecule has 1 atom stereocenters. The van der Waals surface area contributed by atoms with E-state index in [9.17, 15) is 0 Å². The van der Waals surface area contributed by atoms with Gasteiger partial charge in [-0.1, -0.05) is 49.4 Å². The largest absolute Gasteiger partial charge is 0.467 e. The fourth-order valence-electron chi connectivity index (χ4n) is 5.22. The van der Waals surface area contributed by atoms with Crippen molar-refractivity contribution in [2.24, 2.45) is 9.98 Å². The molecule has 0 radical (unpaired) electrons. The van der Waals surface area contributed by atoms with Crippen molar-refractivity contribution in [3.8, 4) is 5.69 Å². The van der Waals surface area contributed by atoms with E-state index in [1.807, 2.05) is 72.3 Å². The molecule has 4 heterocycles. The SMILES string of the molecule is CCc1ccc(NC2=Nc3ccccc3N3C2=Nc2c(c(C)nn2-c2ccccc2)C3c2ccco2)cc1. The minimum atomic E-state index is -0.263. The summed E-state index contributed by atoms with van der Waals surface area (Å²) in [4.78, 5) is 12.5. The number of hydrogen-bond acceptors (Lipinski definition) is 6. The predicted octanol–water partition coefficient (Wildman–Crippen LogP) is 7.13. The van der Waals surface area contributed by atoms with E-state index in [-0.39, 0.29) is 6.04 Å². The van der Waals surface area contributed by atoms with Crippen LogP contribution >= 0.6 is 0 Å². The zero-order valence-electron chi connectivity index (χ0n) is 21.2. The number of fused-ring (bicyclic) bond motifs is 4. The molecule has 0 fully saturated rings. The molecule has 0 amide bonds. The van der Waals surface area contributed by atoms with E-state index in [0.717, 1.165) is 52.0 Å². The van der Waals surface area contributed by atoms with Crippen LogP contribution in [0.3, 0.4) is 0 Å². The lowest BCUT2D eigenvalue weighted by Gasteiger charge is -2.39. The van der Waals surface area contributed by atoms with Crippen molar-refractivity contribution in [1.82, 2.24) is 9.78 Å². The molecule has 1 N–H and O–H groups in total. The zero-order chi connectivity index (χ0) is 25.6. The van der Waals surface area contributed by atoms with Gasteiger partial charge in [0.2, 0.25) is 0 Å². The van der Waals surface area contributed by atoms with Crippen molar-refractivity contribution in [2.45, 2.75) is 26.3 Å². The molecule has 0 bridgehead atoms. The number of benzene rings is 3. The van der Waals surface area contributed by atoms with Crippen molar-refractivity contribution >= 4 is 34.6 Å². The molecule has 0 spiro atoms. The van der Waals surface area contributed by atoms with Gasteiger partial charge in [0.1, 0.15) is 11.8 Å². The molecule has 5 aromatic rings. The van der Waals surface area contributed by atoms with E-state index in [1.165, 1.54) is 5.56 Å². The molecule has 0 saturated heterocycles. The van der Waals surface area contributed by atoms with Crippen LogP contribution in [0.1, 0.15) is 35.5 Å². The van der Waals surface area contributed by atoms with E-state index in [1.54, 1.807) is 6.26 Å². The summed E-state index contributed by atoms with van der Waals surface area (Å²) in [5, 5.41) is 8.50. The van der Waals surface area contributed by atoms with Gasteiger partial charge in [-0.25, -0.2) is 14.7 Å². The highest BCUT2D eigenvalue weighted by atomic mass is 16.3. The van der Waals surface area contributed by atoms with Crippen LogP contribution in [0.25, 0.3) is 5.69 Å². The van der Waals surface area contributed by atoms with E-state index in [4.69, 9.17) is 19.5 Å². The van der Waals surface area contributed by atoms with Gasteiger partial charge in [-0.3, -0.25) is 0 Å². The van der Waals surface area contributed by atoms with Crippen LogP contribution in [0.15, 0.2) is 112 Å². The van der Waals surface area contributed by atoms with Gasteiger partial charge in [0, 0.05) is 5.69 Å². The summed E-state index contributed by atoms with van der Waals surface area (Å²) >= 11 is 0. The molecule has 0 saturated carbocycles. The van der Waals surface area contributed by atoms with Crippen LogP contribution in [0.5, 0.6) is 0 Å². The highest BCUT2D eigenvalue weighted by molar-refractivity contribution is 6.51. The van der Waals surface area contributed by atoms with Crippen molar-refractivity contribution in [3.05, 3.63) is 120 Å². The molecular formula is C31H26N6O. The van der Waals surface area contributed by atoms with Gasteiger partial charge in [0.15, 0.2) is 17.5 Å². The van der Waals surface area contributed by atoms with E-state index in [2.05, 4.69) is 47.5 Å². The van der Waals surface area contributed by atoms with Crippen molar-refractivity contribution in [2.75, 3.05) is 10.2 Å². The average molecular weight is 499 g/mol. The van der Waals surface area contributed by atoms with Crippen LogP contribution in [0, 0.1) is 6.92 Å². The highest BCUT2D eigenvalue weighted by Gasteiger charge is 2.42. The Morgan fingerprint density at radius 2 is 1.66 bits per heavy atom. The third kappa shape index (κ3) is 3.55. The first-order valence-corrected chi connectivity index (χ1v) is 12.8. The molecule has 2 aromatic heterocycles. The number of nitrogens with zero attached hydrogens (tertiary/aromatic N) is 5. The monoisotopic (exact) mass is 498 g/mol. The van der Waals surface area contributed by atoms with Gasteiger partial charge in [-0.15, -0.1) is 0 Å². The Hall–Kier alpha value is -4.91. The maximum absolute atomic E-state index is 6.05. The van der Waals surface area contributed by atoms with Gasteiger partial charge in [0.05, 0.1) is 34.6 Å². The Morgan fingerprint density at radius 1 is 0.868 bits per heavy atom. The lowest BCUT2D eigenvalue weighted by atomic mass is 9.98. The average Bonchev–Trinajstić information content (AvgIpc) is 3.61. The number of hydrogen-bond donors (Lipinski definition) is 1. The third-order valence-electron chi connectivity index (χ3n) is 7.08. The first-order chi connectivity index (χ1) is 18.7. The highest BCUT2D eigenvalue weighted by Crippen LogP contribution is 2.48. The summed E-state index contributed by atoms with van der Waals surface area (Å²) < 4.78 is 7.96. The molecule has 7 nitrogen and oxygen atoms in total. The molecule has 2 aliphatic rings. The Balaban J connectivity index is 1.46. The molecule has 0 aliphatic carbocycles. The van der Waals surface area contributed by atoms with Crippen LogP contribution in [0.4, 0.5) is 22.9 Å². The number of rotatable bonds is 4. The second kappa shape index (κ2) is 8.88. The lowest BCUT2D eigenvalue weighted by Crippen LogP contribution is -2.46. The summed E-state index contributed by atoms with van der Waals surface area (Å²) in [7, 11) is 0. The van der Waals surface area contributed by atoms with Crippen LogP contribution in [-0.2, 0) is 6.42 Å². The summed E-state index contributed by atoms with van der Waals surface area (Å²) in [6, 6.07) is 30.4. The van der Waals surface area contributed by atoms with Crippen LogP contribution in [0.2, 0.25) is 0 Å². The van der Waals surface area contributed by atoms with Crippen LogP contribution in [-0.4, -0.2) is 21.5 Å². The number of para-hydroxylation sites is 3. The van der Waals surface area contributed by atoms with Gasteiger partial charge >= 0.3 is 0 Å². The number of amidine groups is 2. The summed E-state index contributed by atoms with van der Waals surface area (Å²) in [6.45, 7) is 4.19. The first-order valence-electron chi connectivity index (χ1n) is 12.8. The standard InChI is InChI=1S/C31H26N6O/c1-3-21-15-17-22(18-16-21)32-29-31-34-30-27(20(2)35-37(30)23-10-5-4-6-11-23)28(26-14-9-19-38-26)36(31)25-13-8-7-12-24(25)33-29/h4-19,28H,3H2,1-2H3,(H,32,33). The fraction of sp³-hybridized carbons (Fsp3) is 0.129. The zero-order valence-corrected chi connectivity index (χ0v) is 21.2. The molecule has 38 heavy (non-hydrogen) atoms. The number of aryl methyl sites for hydroxylation is 2. The second-order valence-corrected chi connectivity index (χ2v) is 9.42. The number of aliphatic imine (C=N–C) groups is 2. The molecule has 7 rings (SSSR count). The summed E-state index contributed by atoms with van der Waals surface area (Å²) in [5.74, 6) is 2.98. The van der Waals surface area contributed by atoms with Gasteiger partial charge in [0.25, 0.3) is 0 Å². The van der Waals surface area contributed by atoms with Crippen LogP contribution < -0.4 is 10.2 Å². The number of anilines is 2. The summed E-state index contributed by atoms with van der Waals surface area (Å²) in [6.07, 6.45) is 2.71. The second-order valence-electron chi connectivity index (χ2n) is 9.42. The van der Waals surface area contributed by atoms with Crippen molar-refractivity contribution < 1.29 is 4.42 Å². The molecule has 3 aromatic carbocycles. The number of nitrogens with one attached hydrogen (secondary N) is 1. The molecular weight excluding hydrogens is 472 g/mol. The molecule has 186 valence electrons.